The molecule has 5 nitrogen and oxygen atoms in total. The minimum Gasteiger partial charge on any atom is -0.352 e. The molecule has 2 aromatic heterocycles. The van der Waals surface area contributed by atoms with Crippen LogP contribution < -0.4 is 10.6 Å². The number of imidazole rings is 1. The Morgan fingerprint density at radius 2 is 2.17 bits per heavy atom. The van der Waals surface area contributed by atoms with Crippen LogP contribution >= 0.6 is 0 Å². The summed E-state index contributed by atoms with van der Waals surface area (Å²) < 4.78 is 2.01. The summed E-state index contributed by atoms with van der Waals surface area (Å²) >= 11 is 0. The lowest BCUT2D eigenvalue weighted by Crippen LogP contribution is -2.20. The van der Waals surface area contributed by atoms with E-state index in [4.69, 9.17) is 5.73 Å². The lowest BCUT2D eigenvalue weighted by atomic mass is 10.1. The second-order valence-corrected chi connectivity index (χ2v) is 4.55. The summed E-state index contributed by atoms with van der Waals surface area (Å²) in [5, 5.41) is 0. The van der Waals surface area contributed by atoms with Crippen molar-refractivity contribution < 1.29 is 0 Å². The van der Waals surface area contributed by atoms with Gasteiger partial charge in [-0.1, -0.05) is 6.07 Å². The molecule has 2 rings (SSSR count). The van der Waals surface area contributed by atoms with Gasteiger partial charge in [0, 0.05) is 38.7 Å². The molecule has 0 spiro atoms. The topological polar surface area (TPSA) is 60.0 Å². The van der Waals surface area contributed by atoms with Crippen LogP contribution in [-0.4, -0.2) is 21.6 Å². The molecule has 18 heavy (non-hydrogen) atoms. The molecule has 0 radical (unpaired) electrons. The first kappa shape index (κ1) is 12.6. The van der Waals surface area contributed by atoms with E-state index in [-0.39, 0.29) is 6.04 Å². The van der Waals surface area contributed by atoms with Gasteiger partial charge < -0.3 is 15.2 Å². The standard InChI is InChI=1S/C13H19N5/c1-10(14)11-4-5-12(16-8-11)18(3)9-13-15-6-7-17(13)2/h4-8,10H,9,14H2,1-3H3/t10-/m1/s1. The molecule has 0 aliphatic carbocycles. The molecule has 0 aromatic carbocycles. The van der Waals surface area contributed by atoms with Crippen molar-refractivity contribution in [2.75, 3.05) is 11.9 Å². The van der Waals surface area contributed by atoms with E-state index in [1.807, 2.05) is 50.1 Å². The zero-order valence-electron chi connectivity index (χ0n) is 11.0. The minimum absolute atomic E-state index is 0.0198. The van der Waals surface area contributed by atoms with Gasteiger partial charge in [-0.2, -0.15) is 0 Å². The Morgan fingerprint density at radius 3 is 2.67 bits per heavy atom. The van der Waals surface area contributed by atoms with Gasteiger partial charge in [-0.25, -0.2) is 9.97 Å². The Balaban J connectivity index is 2.09. The summed E-state index contributed by atoms with van der Waals surface area (Å²) in [5.41, 5.74) is 6.85. The first-order chi connectivity index (χ1) is 8.58. The van der Waals surface area contributed by atoms with Crippen molar-refractivity contribution in [3.05, 3.63) is 42.1 Å². The zero-order valence-corrected chi connectivity index (χ0v) is 11.0. The van der Waals surface area contributed by atoms with Crippen molar-refractivity contribution >= 4 is 5.82 Å². The van der Waals surface area contributed by atoms with Crippen molar-refractivity contribution in [3.63, 3.8) is 0 Å². The molecule has 2 N–H and O–H groups in total. The van der Waals surface area contributed by atoms with E-state index < -0.39 is 0 Å². The average molecular weight is 245 g/mol. The molecule has 0 fully saturated rings. The number of rotatable bonds is 4. The quantitative estimate of drug-likeness (QED) is 0.886. The van der Waals surface area contributed by atoms with E-state index in [1.54, 1.807) is 6.20 Å². The molecule has 0 saturated heterocycles. The highest BCUT2D eigenvalue weighted by molar-refractivity contribution is 5.38. The van der Waals surface area contributed by atoms with Gasteiger partial charge in [0.15, 0.2) is 0 Å². The molecule has 0 amide bonds. The van der Waals surface area contributed by atoms with Crippen molar-refractivity contribution in [2.24, 2.45) is 12.8 Å². The molecule has 2 aromatic rings. The SMILES string of the molecule is C[C@@H](N)c1ccc(N(C)Cc2nccn2C)nc1. The Labute approximate surface area is 107 Å². The summed E-state index contributed by atoms with van der Waals surface area (Å²) in [7, 11) is 3.99. The average Bonchev–Trinajstić information content (AvgIpc) is 2.75. The summed E-state index contributed by atoms with van der Waals surface area (Å²) in [6, 6.07) is 4.02. The lowest BCUT2D eigenvalue weighted by molar-refractivity contribution is 0.753. The highest BCUT2D eigenvalue weighted by Crippen LogP contribution is 2.15. The second kappa shape index (κ2) is 5.18. The first-order valence-electron chi connectivity index (χ1n) is 5.97. The fraction of sp³-hybridized carbons (Fsp3) is 0.385. The van der Waals surface area contributed by atoms with E-state index in [1.165, 1.54) is 0 Å². The number of aryl methyl sites for hydroxylation is 1. The van der Waals surface area contributed by atoms with Gasteiger partial charge in [-0.15, -0.1) is 0 Å². The highest BCUT2D eigenvalue weighted by Gasteiger charge is 2.07. The molecule has 96 valence electrons. The summed E-state index contributed by atoms with van der Waals surface area (Å²) in [6.45, 7) is 2.68. The van der Waals surface area contributed by atoms with Gasteiger partial charge in [0.1, 0.15) is 11.6 Å². The van der Waals surface area contributed by atoms with Crippen LogP contribution in [-0.2, 0) is 13.6 Å². The third kappa shape index (κ3) is 2.68. The Morgan fingerprint density at radius 1 is 1.39 bits per heavy atom. The lowest BCUT2D eigenvalue weighted by Gasteiger charge is -2.18. The number of anilines is 1. The normalized spacial score (nSPS) is 12.4. The van der Waals surface area contributed by atoms with Crippen LogP contribution in [0.2, 0.25) is 0 Å². The van der Waals surface area contributed by atoms with Crippen molar-refractivity contribution in [1.82, 2.24) is 14.5 Å². The largest absolute Gasteiger partial charge is 0.352 e. The molecule has 0 bridgehead atoms. The van der Waals surface area contributed by atoms with Gasteiger partial charge in [-0.3, -0.25) is 0 Å². The van der Waals surface area contributed by atoms with Crippen LogP contribution in [0.15, 0.2) is 30.7 Å². The fourth-order valence-corrected chi connectivity index (χ4v) is 1.73. The van der Waals surface area contributed by atoms with Crippen LogP contribution in [0.25, 0.3) is 0 Å². The van der Waals surface area contributed by atoms with Crippen LogP contribution in [0, 0.1) is 0 Å². The Bertz CT molecular complexity index is 500. The minimum atomic E-state index is 0.0198. The summed E-state index contributed by atoms with van der Waals surface area (Å²) in [4.78, 5) is 10.8. The molecule has 5 heteroatoms. The summed E-state index contributed by atoms with van der Waals surface area (Å²) in [6.07, 6.45) is 5.57. The van der Waals surface area contributed by atoms with Gasteiger partial charge in [0.05, 0.1) is 6.54 Å². The highest BCUT2D eigenvalue weighted by atomic mass is 15.2. The maximum absolute atomic E-state index is 5.80. The fourth-order valence-electron chi connectivity index (χ4n) is 1.73. The Kier molecular flexibility index (Phi) is 3.62. The van der Waals surface area contributed by atoms with Crippen LogP contribution in [0.4, 0.5) is 5.82 Å². The molecule has 0 saturated carbocycles. The van der Waals surface area contributed by atoms with E-state index >= 15 is 0 Å². The molecule has 0 unspecified atom stereocenters. The number of nitrogens with zero attached hydrogens (tertiary/aromatic N) is 4. The van der Waals surface area contributed by atoms with Crippen LogP contribution in [0.1, 0.15) is 24.4 Å². The predicted molar refractivity (Wildman–Crippen MR) is 72.2 cm³/mol. The van der Waals surface area contributed by atoms with E-state index in [2.05, 4.69) is 14.9 Å². The predicted octanol–water partition coefficient (Wildman–Crippen LogP) is 1.47. The second-order valence-electron chi connectivity index (χ2n) is 4.55. The maximum Gasteiger partial charge on any atom is 0.128 e. The van der Waals surface area contributed by atoms with Gasteiger partial charge in [-0.05, 0) is 18.6 Å². The third-order valence-corrected chi connectivity index (χ3v) is 2.99. The summed E-state index contributed by atoms with van der Waals surface area (Å²) in [5.74, 6) is 1.93. The van der Waals surface area contributed by atoms with Crippen molar-refractivity contribution in [3.8, 4) is 0 Å². The molecule has 2 heterocycles. The van der Waals surface area contributed by atoms with Crippen molar-refractivity contribution in [1.29, 1.82) is 0 Å². The molecular weight excluding hydrogens is 226 g/mol. The van der Waals surface area contributed by atoms with E-state index in [0.717, 1.165) is 23.8 Å². The number of aromatic nitrogens is 3. The van der Waals surface area contributed by atoms with Crippen molar-refractivity contribution in [2.45, 2.75) is 19.5 Å². The maximum atomic E-state index is 5.80. The Hall–Kier alpha value is -1.88. The number of hydrogen-bond donors (Lipinski definition) is 1. The van der Waals surface area contributed by atoms with Gasteiger partial charge >= 0.3 is 0 Å². The van der Waals surface area contributed by atoms with E-state index in [9.17, 15) is 0 Å². The first-order valence-corrected chi connectivity index (χ1v) is 5.97. The smallest absolute Gasteiger partial charge is 0.128 e. The molecule has 1 atom stereocenters. The van der Waals surface area contributed by atoms with Crippen LogP contribution in [0.3, 0.4) is 0 Å². The number of pyridine rings is 1. The monoisotopic (exact) mass is 245 g/mol. The van der Waals surface area contributed by atoms with Gasteiger partial charge in [0.2, 0.25) is 0 Å². The molecule has 0 aliphatic rings. The van der Waals surface area contributed by atoms with E-state index in [0.29, 0.717) is 0 Å². The molecular formula is C13H19N5. The zero-order chi connectivity index (χ0) is 13.1. The molecule has 0 aliphatic heterocycles. The number of hydrogen-bond acceptors (Lipinski definition) is 4. The number of nitrogens with two attached hydrogens (primary N) is 1. The third-order valence-electron chi connectivity index (χ3n) is 2.99. The van der Waals surface area contributed by atoms with Gasteiger partial charge in [0.25, 0.3) is 0 Å². The van der Waals surface area contributed by atoms with Crippen LogP contribution in [0.5, 0.6) is 0 Å².